The van der Waals surface area contributed by atoms with E-state index < -0.39 is 0 Å². The normalized spacial score (nSPS) is 29.0. The van der Waals surface area contributed by atoms with E-state index in [4.69, 9.17) is 5.73 Å². The Morgan fingerprint density at radius 2 is 1.81 bits per heavy atom. The molecule has 124 valence electrons. The third-order valence-electron chi connectivity index (χ3n) is 5.29. The van der Waals surface area contributed by atoms with Gasteiger partial charge in [0.05, 0.1) is 6.04 Å². The third kappa shape index (κ3) is 3.91. The first-order valence-electron chi connectivity index (χ1n) is 8.27. The molecule has 4 unspecified atom stereocenters. The number of rotatable bonds is 4. The summed E-state index contributed by atoms with van der Waals surface area (Å²) in [6, 6.07) is 1.45. The van der Waals surface area contributed by atoms with Crippen LogP contribution in [0.3, 0.4) is 0 Å². The van der Waals surface area contributed by atoms with E-state index in [2.05, 4.69) is 32.6 Å². The van der Waals surface area contributed by atoms with Crippen molar-refractivity contribution in [3.8, 4) is 0 Å². The van der Waals surface area contributed by atoms with Crippen LogP contribution in [0.4, 0.5) is 0 Å². The number of nitrogens with two attached hydrogens (primary N) is 1. The average molecular weight is 318 g/mol. The molecule has 5 heteroatoms. The highest BCUT2D eigenvalue weighted by Crippen LogP contribution is 2.32. The van der Waals surface area contributed by atoms with Gasteiger partial charge in [0, 0.05) is 31.2 Å². The molecule has 2 aliphatic heterocycles. The number of hydrogen-bond acceptors (Lipinski definition) is 3. The van der Waals surface area contributed by atoms with Crippen LogP contribution in [-0.4, -0.2) is 53.0 Å². The Hall–Kier alpha value is -0.320. The van der Waals surface area contributed by atoms with Crippen molar-refractivity contribution in [3.05, 3.63) is 0 Å². The van der Waals surface area contributed by atoms with Crippen LogP contribution >= 0.6 is 12.4 Å². The highest BCUT2D eigenvalue weighted by Gasteiger charge is 2.40. The van der Waals surface area contributed by atoms with Crippen molar-refractivity contribution in [2.75, 3.05) is 13.1 Å². The summed E-state index contributed by atoms with van der Waals surface area (Å²) in [7, 11) is 0. The first-order chi connectivity index (χ1) is 9.45. The van der Waals surface area contributed by atoms with E-state index in [1.165, 1.54) is 12.8 Å². The summed E-state index contributed by atoms with van der Waals surface area (Å²) in [5.74, 6) is 0.430. The predicted molar refractivity (Wildman–Crippen MR) is 89.7 cm³/mol. The van der Waals surface area contributed by atoms with Crippen molar-refractivity contribution in [2.24, 2.45) is 11.7 Å². The molecule has 1 amide bonds. The molecule has 2 heterocycles. The van der Waals surface area contributed by atoms with Gasteiger partial charge in [-0.1, -0.05) is 20.3 Å². The lowest BCUT2D eigenvalue weighted by molar-refractivity contribution is -0.134. The Morgan fingerprint density at radius 3 is 2.38 bits per heavy atom. The van der Waals surface area contributed by atoms with E-state index in [1.54, 1.807) is 0 Å². The van der Waals surface area contributed by atoms with Crippen molar-refractivity contribution in [2.45, 2.75) is 77.5 Å². The van der Waals surface area contributed by atoms with E-state index in [-0.39, 0.29) is 30.3 Å². The smallest absolute Gasteiger partial charge is 0.239 e. The van der Waals surface area contributed by atoms with Crippen LogP contribution in [0.15, 0.2) is 0 Å². The molecule has 2 bridgehead atoms. The van der Waals surface area contributed by atoms with Crippen molar-refractivity contribution >= 4 is 18.3 Å². The van der Waals surface area contributed by atoms with Crippen molar-refractivity contribution in [1.29, 1.82) is 0 Å². The lowest BCUT2D eigenvalue weighted by Gasteiger charge is -2.33. The number of carbonyl (C=O) groups excluding carboxylic acids is 1. The Morgan fingerprint density at radius 1 is 1.19 bits per heavy atom. The van der Waals surface area contributed by atoms with Crippen molar-refractivity contribution < 1.29 is 4.79 Å². The molecule has 0 aliphatic carbocycles. The van der Waals surface area contributed by atoms with Crippen molar-refractivity contribution in [1.82, 2.24) is 9.80 Å². The molecule has 2 rings (SSSR count). The second-order valence-electron chi connectivity index (χ2n) is 6.91. The van der Waals surface area contributed by atoms with Gasteiger partial charge in [-0.25, -0.2) is 0 Å². The second-order valence-corrected chi connectivity index (χ2v) is 6.91. The van der Waals surface area contributed by atoms with Gasteiger partial charge in [-0.05, 0) is 39.0 Å². The minimum Gasteiger partial charge on any atom is -0.340 e. The molecule has 2 aliphatic rings. The first-order valence-corrected chi connectivity index (χ1v) is 8.27. The molecule has 0 spiro atoms. The number of carbonyl (C=O) groups is 1. The van der Waals surface area contributed by atoms with E-state index in [0.717, 1.165) is 25.9 Å². The van der Waals surface area contributed by atoms with Gasteiger partial charge in [0.25, 0.3) is 0 Å². The fraction of sp³-hybridized carbons (Fsp3) is 0.938. The molecule has 2 saturated heterocycles. The summed E-state index contributed by atoms with van der Waals surface area (Å²) in [6.07, 6.45) is 4.59. The number of likely N-dealkylation sites (tertiary alicyclic amines) is 1. The summed E-state index contributed by atoms with van der Waals surface area (Å²) in [5, 5.41) is 0. The summed E-state index contributed by atoms with van der Waals surface area (Å²) in [5.41, 5.74) is 6.14. The Kier molecular flexibility index (Phi) is 6.95. The molecular weight excluding hydrogens is 286 g/mol. The molecule has 4 nitrogen and oxygen atoms in total. The van der Waals surface area contributed by atoms with Crippen LogP contribution in [-0.2, 0) is 4.79 Å². The zero-order valence-electron chi connectivity index (χ0n) is 13.9. The maximum absolute atomic E-state index is 12.6. The molecule has 0 aromatic heterocycles. The minimum absolute atomic E-state index is 0. The van der Waals surface area contributed by atoms with E-state index >= 15 is 0 Å². The lowest BCUT2D eigenvalue weighted by Crippen LogP contribution is -2.50. The van der Waals surface area contributed by atoms with Gasteiger partial charge in [0.1, 0.15) is 0 Å². The molecule has 0 saturated carbocycles. The van der Waals surface area contributed by atoms with E-state index in [9.17, 15) is 4.79 Å². The van der Waals surface area contributed by atoms with Crippen LogP contribution < -0.4 is 5.73 Å². The summed E-state index contributed by atoms with van der Waals surface area (Å²) < 4.78 is 0. The maximum Gasteiger partial charge on any atom is 0.239 e. The van der Waals surface area contributed by atoms with Gasteiger partial charge in [-0.3, -0.25) is 9.69 Å². The highest BCUT2D eigenvalue weighted by atomic mass is 35.5. The molecular formula is C16H32ClN3O. The molecule has 2 N–H and O–H groups in total. The van der Waals surface area contributed by atoms with E-state index in [0.29, 0.717) is 18.1 Å². The molecule has 0 aromatic rings. The fourth-order valence-corrected chi connectivity index (χ4v) is 3.86. The monoisotopic (exact) mass is 317 g/mol. The van der Waals surface area contributed by atoms with Crippen LogP contribution in [0.5, 0.6) is 0 Å². The van der Waals surface area contributed by atoms with Gasteiger partial charge >= 0.3 is 0 Å². The minimum atomic E-state index is -0.330. The molecule has 21 heavy (non-hydrogen) atoms. The SMILES string of the molecule is CCC(C)C(N)C(=O)N1CCC2CCC(C1)N2C(C)C.Cl. The average Bonchev–Trinajstić information content (AvgIpc) is 2.71. The molecule has 4 atom stereocenters. The van der Waals surface area contributed by atoms with Gasteiger partial charge < -0.3 is 10.6 Å². The zero-order chi connectivity index (χ0) is 14.9. The Labute approximate surface area is 135 Å². The van der Waals surface area contributed by atoms with E-state index in [1.807, 2.05) is 4.90 Å². The number of fused-ring (bicyclic) bond motifs is 2. The topological polar surface area (TPSA) is 49.6 Å². The van der Waals surface area contributed by atoms with Crippen LogP contribution in [0.2, 0.25) is 0 Å². The summed E-state index contributed by atoms with van der Waals surface area (Å²) in [4.78, 5) is 17.3. The number of hydrogen-bond donors (Lipinski definition) is 1. The number of amides is 1. The van der Waals surface area contributed by atoms with Crippen LogP contribution in [0, 0.1) is 5.92 Å². The zero-order valence-corrected chi connectivity index (χ0v) is 14.7. The van der Waals surface area contributed by atoms with Gasteiger partial charge in [0.2, 0.25) is 5.91 Å². The largest absolute Gasteiger partial charge is 0.340 e. The third-order valence-corrected chi connectivity index (χ3v) is 5.29. The number of halogens is 1. The summed E-state index contributed by atoms with van der Waals surface area (Å²) in [6.45, 7) is 10.5. The van der Waals surface area contributed by atoms with Crippen molar-refractivity contribution in [3.63, 3.8) is 0 Å². The quantitative estimate of drug-likeness (QED) is 0.865. The Bertz CT molecular complexity index is 350. The maximum atomic E-state index is 12.6. The highest BCUT2D eigenvalue weighted by molar-refractivity contribution is 5.85. The predicted octanol–water partition coefficient (Wildman–Crippen LogP) is 2.26. The van der Waals surface area contributed by atoms with Gasteiger partial charge in [-0.15, -0.1) is 12.4 Å². The summed E-state index contributed by atoms with van der Waals surface area (Å²) >= 11 is 0. The first kappa shape index (κ1) is 18.7. The standard InChI is InChI=1S/C16H31N3O.ClH/c1-5-12(4)15(17)16(20)18-9-8-13-6-7-14(10-18)19(13)11(2)3;/h11-15H,5-10,17H2,1-4H3;1H. The second kappa shape index (κ2) is 7.80. The van der Waals surface area contributed by atoms with Gasteiger partial charge in [0.15, 0.2) is 0 Å². The van der Waals surface area contributed by atoms with Gasteiger partial charge in [-0.2, -0.15) is 0 Å². The molecule has 2 fully saturated rings. The Balaban J connectivity index is 0.00000220. The van der Waals surface area contributed by atoms with Crippen LogP contribution in [0.1, 0.15) is 53.4 Å². The van der Waals surface area contributed by atoms with Crippen LogP contribution in [0.25, 0.3) is 0 Å². The fourth-order valence-electron chi connectivity index (χ4n) is 3.86. The molecule has 0 aromatic carbocycles. The lowest BCUT2D eigenvalue weighted by atomic mass is 9.98. The molecule has 0 radical (unpaired) electrons. The number of nitrogens with zero attached hydrogens (tertiary/aromatic N) is 2.